The molecule has 0 saturated carbocycles. The van der Waals surface area contributed by atoms with Crippen molar-refractivity contribution in [3.8, 4) is 11.5 Å². The molecule has 4 aromatic rings. The molecular formula is C28H25N3O6. The molecule has 188 valence electrons. The monoisotopic (exact) mass is 499 g/mol. The zero-order valence-corrected chi connectivity index (χ0v) is 20.2. The van der Waals surface area contributed by atoms with Crippen molar-refractivity contribution in [1.82, 2.24) is 15.1 Å². The van der Waals surface area contributed by atoms with Gasteiger partial charge in [0.25, 0.3) is 11.5 Å². The van der Waals surface area contributed by atoms with E-state index >= 15 is 0 Å². The Labute approximate surface area is 212 Å². The molecule has 3 aromatic carbocycles. The van der Waals surface area contributed by atoms with Gasteiger partial charge in [-0.05, 0) is 36.2 Å². The fraction of sp³-hybridized carbons (Fsp3) is 0.214. The normalized spacial score (nSPS) is 13.1. The van der Waals surface area contributed by atoms with E-state index in [4.69, 9.17) is 14.2 Å². The van der Waals surface area contributed by atoms with E-state index in [2.05, 4.69) is 10.4 Å². The molecule has 1 aliphatic heterocycles. The number of benzene rings is 3. The van der Waals surface area contributed by atoms with E-state index in [0.29, 0.717) is 35.5 Å². The smallest absolute Gasteiger partial charge is 0.359 e. The van der Waals surface area contributed by atoms with E-state index in [1.165, 1.54) is 4.68 Å². The third-order valence-electron chi connectivity index (χ3n) is 6.01. The lowest BCUT2D eigenvalue weighted by atomic mass is 10.1. The minimum Gasteiger partial charge on any atom is -0.486 e. The maximum atomic E-state index is 13.0. The van der Waals surface area contributed by atoms with Crippen molar-refractivity contribution >= 4 is 22.6 Å². The molecule has 1 amide bonds. The number of aromatic nitrogens is 2. The second kappa shape index (κ2) is 10.5. The van der Waals surface area contributed by atoms with E-state index in [1.807, 2.05) is 49.4 Å². The van der Waals surface area contributed by atoms with Gasteiger partial charge in [-0.15, -0.1) is 0 Å². The third kappa shape index (κ3) is 5.30. The van der Waals surface area contributed by atoms with Crippen molar-refractivity contribution in [2.24, 2.45) is 0 Å². The molecule has 0 bridgehead atoms. The first-order valence-corrected chi connectivity index (χ1v) is 11.9. The van der Waals surface area contributed by atoms with Crippen LogP contribution in [0.3, 0.4) is 0 Å². The number of carbonyl (C=O) groups excluding carboxylic acids is 2. The Hall–Kier alpha value is -4.66. The van der Waals surface area contributed by atoms with Gasteiger partial charge >= 0.3 is 5.97 Å². The lowest BCUT2D eigenvalue weighted by molar-refractivity contribution is -0.124. The third-order valence-corrected chi connectivity index (χ3v) is 6.01. The SMILES string of the molecule is CC(NC(=O)COC(=O)c1nn(Cc2ccccc2)c(=O)c2ccccc12)c1ccc2c(c1)OCCO2. The van der Waals surface area contributed by atoms with Gasteiger partial charge in [0.05, 0.1) is 18.0 Å². The molecule has 1 aliphatic rings. The van der Waals surface area contributed by atoms with Gasteiger partial charge < -0.3 is 19.5 Å². The summed E-state index contributed by atoms with van der Waals surface area (Å²) >= 11 is 0. The van der Waals surface area contributed by atoms with Crippen LogP contribution in [0.15, 0.2) is 77.6 Å². The predicted octanol–water partition coefficient (Wildman–Crippen LogP) is 3.25. The van der Waals surface area contributed by atoms with Crippen molar-refractivity contribution in [2.75, 3.05) is 19.8 Å². The minimum absolute atomic E-state index is 0.0289. The molecule has 1 N–H and O–H groups in total. The van der Waals surface area contributed by atoms with Crippen LogP contribution in [0.4, 0.5) is 0 Å². The second-order valence-corrected chi connectivity index (χ2v) is 8.61. The summed E-state index contributed by atoms with van der Waals surface area (Å²) < 4.78 is 17.7. The van der Waals surface area contributed by atoms with Crippen LogP contribution < -0.4 is 20.3 Å². The van der Waals surface area contributed by atoms with E-state index in [1.54, 1.807) is 30.3 Å². The van der Waals surface area contributed by atoms with Gasteiger partial charge in [0.2, 0.25) is 0 Å². The molecule has 2 heterocycles. The first kappa shape index (κ1) is 24.1. The Morgan fingerprint density at radius 1 is 0.973 bits per heavy atom. The van der Waals surface area contributed by atoms with Crippen LogP contribution in [0.5, 0.6) is 11.5 Å². The van der Waals surface area contributed by atoms with E-state index in [-0.39, 0.29) is 23.8 Å². The Morgan fingerprint density at radius 2 is 1.68 bits per heavy atom. The van der Waals surface area contributed by atoms with Gasteiger partial charge in [-0.25, -0.2) is 9.48 Å². The molecule has 0 spiro atoms. The van der Waals surface area contributed by atoms with Gasteiger partial charge in [0, 0.05) is 5.39 Å². The maximum Gasteiger partial charge on any atom is 0.359 e. The Morgan fingerprint density at radius 3 is 2.46 bits per heavy atom. The molecule has 1 atom stereocenters. The summed E-state index contributed by atoms with van der Waals surface area (Å²) in [7, 11) is 0. The number of hydrogen-bond donors (Lipinski definition) is 1. The zero-order chi connectivity index (χ0) is 25.8. The summed E-state index contributed by atoms with van der Waals surface area (Å²) in [6, 6.07) is 21.2. The zero-order valence-electron chi connectivity index (χ0n) is 20.2. The number of carbonyl (C=O) groups is 2. The number of esters is 1. The molecule has 5 rings (SSSR count). The number of ether oxygens (including phenoxy) is 3. The number of nitrogens with zero attached hydrogens (tertiary/aromatic N) is 2. The summed E-state index contributed by atoms with van der Waals surface area (Å²) in [4.78, 5) is 38.5. The molecule has 0 saturated heterocycles. The summed E-state index contributed by atoms with van der Waals surface area (Å²) in [5.74, 6) is 0.0217. The summed E-state index contributed by atoms with van der Waals surface area (Å²) in [5.41, 5.74) is 1.34. The van der Waals surface area contributed by atoms with Crippen LogP contribution in [-0.4, -0.2) is 41.5 Å². The largest absolute Gasteiger partial charge is 0.486 e. The van der Waals surface area contributed by atoms with Crippen LogP contribution in [0.25, 0.3) is 10.8 Å². The predicted molar refractivity (Wildman–Crippen MR) is 136 cm³/mol. The van der Waals surface area contributed by atoms with Crippen molar-refractivity contribution < 1.29 is 23.8 Å². The van der Waals surface area contributed by atoms with Crippen molar-refractivity contribution in [2.45, 2.75) is 19.5 Å². The molecule has 0 fully saturated rings. The number of fused-ring (bicyclic) bond motifs is 2. The Kier molecular flexibility index (Phi) is 6.85. The van der Waals surface area contributed by atoms with Crippen molar-refractivity contribution in [3.63, 3.8) is 0 Å². The average Bonchev–Trinajstić information content (AvgIpc) is 2.93. The standard InChI is InChI=1S/C28H25N3O6/c1-18(20-11-12-23-24(15-20)36-14-13-35-23)29-25(32)17-37-28(34)26-21-9-5-6-10-22(21)27(33)31(30-26)16-19-7-3-2-4-8-19/h2-12,15,18H,13-14,16-17H2,1H3,(H,29,32). The molecular weight excluding hydrogens is 474 g/mol. The quantitative estimate of drug-likeness (QED) is 0.389. The van der Waals surface area contributed by atoms with Crippen LogP contribution in [0.1, 0.15) is 34.6 Å². The topological polar surface area (TPSA) is 109 Å². The highest BCUT2D eigenvalue weighted by molar-refractivity contribution is 6.02. The van der Waals surface area contributed by atoms with Crippen LogP contribution in [0, 0.1) is 0 Å². The highest BCUT2D eigenvalue weighted by atomic mass is 16.6. The number of hydrogen-bond acceptors (Lipinski definition) is 7. The Bertz CT molecular complexity index is 1520. The van der Waals surface area contributed by atoms with Gasteiger partial charge in [-0.1, -0.05) is 54.6 Å². The lowest BCUT2D eigenvalue weighted by Gasteiger charge is -2.21. The summed E-state index contributed by atoms with van der Waals surface area (Å²) in [6.07, 6.45) is 0. The summed E-state index contributed by atoms with van der Waals surface area (Å²) in [5, 5.41) is 7.82. The van der Waals surface area contributed by atoms with Crippen molar-refractivity contribution in [3.05, 3.63) is 100.0 Å². The van der Waals surface area contributed by atoms with Gasteiger partial charge in [-0.3, -0.25) is 9.59 Å². The van der Waals surface area contributed by atoms with E-state index in [0.717, 1.165) is 11.1 Å². The Balaban J connectivity index is 1.29. The van der Waals surface area contributed by atoms with Crippen molar-refractivity contribution in [1.29, 1.82) is 0 Å². The van der Waals surface area contributed by atoms with E-state index in [9.17, 15) is 14.4 Å². The van der Waals surface area contributed by atoms with Gasteiger partial charge in [-0.2, -0.15) is 5.10 Å². The lowest BCUT2D eigenvalue weighted by Crippen LogP contribution is -2.32. The average molecular weight is 500 g/mol. The molecule has 0 radical (unpaired) electrons. The number of amides is 1. The van der Waals surface area contributed by atoms with Crippen LogP contribution in [0.2, 0.25) is 0 Å². The molecule has 37 heavy (non-hydrogen) atoms. The van der Waals surface area contributed by atoms with E-state index < -0.39 is 18.5 Å². The molecule has 9 nitrogen and oxygen atoms in total. The minimum atomic E-state index is -0.792. The van der Waals surface area contributed by atoms with Crippen LogP contribution in [-0.2, 0) is 16.1 Å². The fourth-order valence-corrected chi connectivity index (χ4v) is 4.14. The second-order valence-electron chi connectivity index (χ2n) is 8.61. The highest BCUT2D eigenvalue weighted by Crippen LogP contribution is 2.32. The number of rotatable bonds is 7. The van der Waals surface area contributed by atoms with Crippen LogP contribution >= 0.6 is 0 Å². The first-order valence-electron chi connectivity index (χ1n) is 11.9. The highest BCUT2D eigenvalue weighted by Gasteiger charge is 2.20. The molecule has 1 unspecified atom stereocenters. The fourth-order valence-electron chi connectivity index (χ4n) is 4.14. The first-order chi connectivity index (χ1) is 18.0. The molecule has 0 aliphatic carbocycles. The maximum absolute atomic E-state index is 13.0. The molecule has 9 heteroatoms. The summed E-state index contributed by atoms with van der Waals surface area (Å²) in [6.45, 7) is 2.48. The molecule has 1 aromatic heterocycles. The van der Waals surface area contributed by atoms with Gasteiger partial charge in [0.15, 0.2) is 23.8 Å². The number of nitrogens with one attached hydrogen (secondary N) is 1. The van der Waals surface area contributed by atoms with Gasteiger partial charge in [0.1, 0.15) is 13.2 Å².